The standard InChI is InChI=1S/C11H13N3O/c12-14-13-6-5-9-7-10-3-1-2-4-11(10)15-8-9/h1-4,9H,5-8H2. The fourth-order valence-corrected chi connectivity index (χ4v) is 1.86. The molecule has 0 radical (unpaired) electrons. The molecule has 0 amide bonds. The Morgan fingerprint density at radius 1 is 1.47 bits per heavy atom. The third kappa shape index (κ3) is 2.42. The van der Waals surface area contributed by atoms with E-state index in [1.54, 1.807) is 0 Å². The highest BCUT2D eigenvalue weighted by Crippen LogP contribution is 2.27. The number of azide groups is 1. The summed E-state index contributed by atoms with van der Waals surface area (Å²) in [7, 11) is 0. The fraction of sp³-hybridized carbons (Fsp3) is 0.455. The van der Waals surface area contributed by atoms with Gasteiger partial charge in [-0.1, -0.05) is 23.3 Å². The zero-order valence-corrected chi connectivity index (χ0v) is 8.47. The van der Waals surface area contributed by atoms with Crippen LogP contribution in [-0.2, 0) is 6.42 Å². The molecule has 4 nitrogen and oxygen atoms in total. The van der Waals surface area contributed by atoms with Crippen LogP contribution in [0.2, 0.25) is 0 Å². The molecule has 1 heterocycles. The average molecular weight is 203 g/mol. The summed E-state index contributed by atoms with van der Waals surface area (Å²) in [6.45, 7) is 1.30. The molecule has 15 heavy (non-hydrogen) atoms. The Kier molecular flexibility index (Phi) is 3.10. The van der Waals surface area contributed by atoms with Gasteiger partial charge in [0.2, 0.25) is 0 Å². The van der Waals surface area contributed by atoms with Gasteiger partial charge in [-0.15, -0.1) is 0 Å². The maximum atomic E-state index is 8.18. The van der Waals surface area contributed by atoms with Gasteiger partial charge >= 0.3 is 0 Å². The van der Waals surface area contributed by atoms with Gasteiger partial charge in [0.15, 0.2) is 0 Å². The van der Waals surface area contributed by atoms with Gasteiger partial charge in [-0.05, 0) is 35.9 Å². The van der Waals surface area contributed by atoms with Crippen LogP contribution in [0.1, 0.15) is 12.0 Å². The van der Waals surface area contributed by atoms with Crippen LogP contribution < -0.4 is 4.74 Å². The van der Waals surface area contributed by atoms with E-state index in [9.17, 15) is 0 Å². The first-order valence-corrected chi connectivity index (χ1v) is 5.11. The highest BCUT2D eigenvalue weighted by atomic mass is 16.5. The Balaban J connectivity index is 1.96. The van der Waals surface area contributed by atoms with E-state index >= 15 is 0 Å². The number of nitrogens with zero attached hydrogens (tertiary/aromatic N) is 3. The van der Waals surface area contributed by atoms with Crippen molar-refractivity contribution < 1.29 is 4.74 Å². The minimum absolute atomic E-state index is 0.477. The van der Waals surface area contributed by atoms with Gasteiger partial charge in [0.1, 0.15) is 5.75 Å². The number of rotatable bonds is 3. The molecule has 0 bridgehead atoms. The van der Waals surface area contributed by atoms with Crippen molar-refractivity contribution in [3.8, 4) is 5.75 Å². The molecule has 1 aromatic rings. The summed E-state index contributed by atoms with van der Waals surface area (Å²) in [5, 5.41) is 3.55. The highest BCUT2D eigenvalue weighted by molar-refractivity contribution is 5.34. The largest absolute Gasteiger partial charge is 0.493 e. The van der Waals surface area contributed by atoms with E-state index in [-0.39, 0.29) is 0 Å². The summed E-state index contributed by atoms with van der Waals surface area (Å²) in [5.41, 5.74) is 9.44. The number of hydrogen-bond donors (Lipinski definition) is 0. The topological polar surface area (TPSA) is 58.0 Å². The first kappa shape index (κ1) is 9.87. The van der Waals surface area contributed by atoms with Crippen molar-refractivity contribution >= 4 is 0 Å². The summed E-state index contributed by atoms with van der Waals surface area (Å²) in [4.78, 5) is 2.75. The quantitative estimate of drug-likeness (QED) is 0.423. The Hall–Kier alpha value is -1.67. The molecular formula is C11H13N3O. The predicted octanol–water partition coefficient (Wildman–Crippen LogP) is 2.94. The molecule has 0 spiro atoms. The molecule has 0 aromatic heterocycles. The third-order valence-corrected chi connectivity index (χ3v) is 2.66. The third-order valence-electron chi connectivity index (χ3n) is 2.66. The van der Waals surface area contributed by atoms with Crippen LogP contribution in [0, 0.1) is 5.92 Å². The molecule has 0 N–H and O–H groups in total. The van der Waals surface area contributed by atoms with Gasteiger partial charge in [0.05, 0.1) is 6.61 Å². The summed E-state index contributed by atoms with van der Waals surface area (Å²) >= 11 is 0. The van der Waals surface area contributed by atoms with Gasteiger partial charge < -0.3 is 4.74 Å². The lowest BCUT2D eigenvalue weighted by atomic mass is 9.94. The van der Waals surface area contributed by atoms with E-state index in [0.717, 1.165) is 25.2 Å². The van der Waals surface area contributed by atoms with Gasteiger partial charge in [-0.2, -0.15) is 0 Å². The molecule has 0 aliphatic carbocycles. The second kappa shape index (κ2) is 4.71. The summed E-state index contributed by atoms with van der Waals surface area (Å²) in [6.07, 6.45) is 1.93. The summed E-state index contributed by atoms with van der Waals surface area (Å²) < 4.78 is 5.63. The summed E-state index contributed by atoms with van der Waals surface area (Å²) in [6, 6.07) is 8.10. The van der Waals surface area contributed by atoms with E-state index in [4.69, 9.17) is 10.3 Å². The fourth-order valence-electron chi connectivity index (χ4n) is 1.86. The predicted molar refractivity (Wildman–Crippen MR) is 57.8 cm³/mol. The van der Waals surface area contributed by atoms with Crippen molar-refractivity contribution in [2.24, 2.45) is 11.0 Å². The Bertz CT molecular complexity index is 385. The van der Waals surface area contributed by atoms with Crippen LogP contribution in [-0.4, -0.2) is 13.2 Å². The van der Waals surface area contributed by atoms with Crippen LogP contribution >= 0.6 is 0 Å². The first-order chi connectivity index (χ1) is 7.40. The lowest BCUT2D eigenvalue weighted by Crippen LogP contribution is -2.21. The number of hydrogen-bond acceptors (Lipinski definition) is 2. The molecule has 78 valence electrons. The van der Waals surface area contributed by atoms with E-state index in [0.29, 0.717) is 12.5 Å². The van der Waals surface area contributed by atoms with Crippen molar-refractivity contribution in [2.45, 2.75) is 12.8 Å². The molecule has 4 heteroatoms. The SMILES string of the molecule is [N-]=[N+]=NCCC1COc2ccccc2C1. The van der Waals surface area contributed by atoms with Crippen molar-refractivity contribution in [1.82, 2.24) is 0 Å². The molecule has 0 saturated carbocycles. The molecule has 1 aliphatic heterocycles. The van der Waals surface area contributed by atoms with Crippen LogP contribution in [0.5, 0.6) is 5.75 Å². The second-order valence-corrected chi connectivity index (χ2v) is 3.73. The molecule has 2 rings (SSSR count). The highest BCUT2D eigenvalue weighted by Gasteiger charge is 2.18. The number of fused-ring (bicyclic) bond motifs is 1. The van der Waals surface area contributed by atoms with Gasteiger partial charge in [0, 0.05) is 11.5 Å². The number of benzene rings is 1. The van der Waals surface area contributed by atoms with Gasteiger partial charge in [-0.3, -0.25) is 0 Å². The number of ether oxygens (including phenoxy) is 1. The smallest absolute Gasteiger partial charge is 0.122 e. The number of para-hydroxylation sites is 1. The van der Waals surface area contributed by atoms with Crippen LogP contribution in [0.15, 0.2) is 29.4 Å². The van der Waals surface area contributed by atoms with Gasteiger partial charge in [-0.25, -0.2) is 0 Å². The van der Waals surface area contributed by atoms with E-state index in [2.05, 4.69) is 16.1 Å². The Morgan fingerprint density at radius 3 is 3.20 bits per heavy atom. The van der Waals surface area contributed by atoms with Crippen LogP contribution in [0.4, 0.5) is 0 Å². The van der Waals surface area contributed by atoms with Gasteiger partial charge in [0.25, 0.3) is 0 Å². The molecule has 1 aromatic carbocycles. The molecule has 1 atom stereocenters. The van der Waals surface area contributed by atoms with E-state index < -0.39 is 0 Å². The second-order valence-electron chi connectivity index (χ2n) is 3.73. The van der Waals surface area contributed by atoms with Crippen molar-refractivity contribution in [1.29, 1.82) is 0 Å². The van der Waals surface area contributed by atoms with Crippen LogP contribution in [0.3, 0.4) is 0 Å². The van der Waals surface area contributed by atoms with E-state index in [1.807, 2.05) is 18.2 Å². The van der Waals surface area contributed by atoms with Crippen molar-refractivity contribution in [3.63, 3.8) is 0 Å². The molecule has 1 unspecified atom stereocenters. The Morgan fingerprint density at radius 2 is 2.33 bits per heavy atom. The molecule has 0 fully saturated rings. The normalized spacial score (nSPS) is 18.5. The van der Waals surface area contributed by atoms with Crippen molar-refractivity contribution in [3.05, 3.63) is 40.3 Å². The Labute approximate surface area is 88.5 Å². The molecule has 1 aliphatic rings. The molecular weight excluding hydrogens is 190 g/mol. The van der Waals surface area contributed by atoms with Crippen LogP contribution in [0.25, 0.3) is 10.4 Å². The maximum absolute atomic E-state index is 8.18. The zero-order valence-electron chi connectivity index (χ0n) is 8.47. The van der Waals surface area contributed by atoms with Crippen molar-refractivity contribution in [2.75, 3.05) is 13.2 Å². The molecule has 0 saturated heterocycles. The zero-order chi connectivity index (χ0) is 10.5. The average Bonchev–Trinajstić information content (AvgIpc) is 2.29. The minimum atomic E-state index is 0.477. The monoisotopic (exact) mass is 203 g/mol. The summed E-state index contributed by atoms with van der Waals surface area (Å²) in [5.74, 6) is 1.47. The van der Waals surface area contributed by atoms with E-state index in [1.165, 1.54) is 5.56 Å². The minimum Gasteiger partial charge on any atom is -0.493 e. The lowest BCUT2D eigenvalue weighted by Gasteiger charge is -2.24. The lowest BCUT2D eigenvalue weighted by molar-refractivity contribution is 0.216. The maximum Gasteiger partial charge on any atom is 0.122 e. The first-order valence-electron chi connectivity index (χ1n) is 5.11.